The molecule has 0 radical (unpaired) electrons. The van der Waals surface area contributed by atoms with Gasteiger partial charge in [0.15, 0.2) is 0 Å². The first-order chi connectivity index (χ1) is 9.36. The maximum atomic E-state index is 12.5. The van der Waals surface area contributed by atoms with Crippen LogP contribution >= 0.6 is 0 Å². The lowest BCUT2D eigenvalue weighted by atomic mass is 9.91. The molecule has 1 atom stereocenters. The normalized spacial score (nSPS) is 19.4. The first-order valence-corrected chi connectivity index (χ1v) is 7.52. The average Bonchev–Trinajstić information content (AvgIpc) is 3.19. The minimum Gasteiger partial charge on any atom is -0.394 e. The van der Waals surface area contributed by atoms with Crippen molar-refractivity contribution in [3.63, 3.8) is 0 Å². The van der Waals surface area contributed by atoms with Gasteiger partial charge in [0.1, 0.15) is 0 Å². The summed E-state index contributed by atoms with van der Waals surface area (Å²) in [6.07, 6.45) is -0.212. The highest BCUT2D eigenvalue weighted by Gasteiger charge is 2.38. The van der Waals surface area contributed by atoms with Crippen LogP contribution in [0.3, 0.4) is 0 Å². The van der Waals surface area contributed by atoms with Crippen molar-refractivity contribution in [2.75, 3.05) is 26.2 Å². The molecule has 0 bridgehead atoms. The van der Waals surface area contributed by atoms with Crippen LogP contribution in [0.5, 0.6) is 0 Å². The predicted octanol–water partition coefficient (Wildman–Crippen LogP) is 2.54. The lowest BCUT2D eigenvalue weighted by molar-refractivity contribution is -0.147. The van der Waals surface area contributed by atoms with Gasteiger partial charge < -0.3 is 10.4 Å². The van der Waals surface area contributed by atoms with E-state index in [2.05, 4.69) is 5.32 Å². The quantitative estimate of drug-likeness (QED) is 0.650. The Bertz CT molecular complexity index is 276. The Kier molecular flexibility index (Phi) is 6.75. The number of hydrogen-bond acceptors (Lipinski definition) is 3. The van der Waals surface area contributed by atoms with E-state index >= 15 is 0 Å². The number of aliphatic hydroxyl groups is 1. The van der Waals surface area contributed by atoms with E-state index in [1.807, 2.05) is 13.8 Å². The number of aliphatic hydroxyl groups excluding tert-OH is 1. The van der Waals surface area contributed by atoms with Gasteiger partial charge in [-0.3, -0.25) is 4.90 Å². The van der Waals surface area contributed by atoms with Crippen LogP contribution in [0.2, 0.25) is 0 Å². The molecule has 2 N–H and O–H groups in total. The van der Waals surface area contributed by atoms with Crippen molar-refractivity contribution in [1.82, 2.24) is 10.2 Å². The highest BCUT2D eigenvalue weighted by Crippen LogP contribution is 2.30. The molecule has 1 rings (SSSR count). The van der Waals surface area contributed by atoms with E-state index in [-0.39, 0.29) is 18.2 Å². The summed E-state index contributed by atoms with van der Waals surface area (Å²) in [5, 5.41) is 12.8. The Morgan fingerprint density at radius 1 is 1.25 bits per heavy atom. The van der Waals surface area contributed by atoms with Crippen LogP contribution in [-0.4, -0.2) is 54.0 Å². The summed E-state index contributed by atoms with van der Waals surface area (Å²) in [5.41, 5.74) is -0.345. The molecule has 120 valence electrons. The molecule has 0 aromatic carbocycles. The summed E-state index contributed by atoms with van der Waals surface area (Å²) in [5.74, 6) is 0. The summed E-state index contributed by atoms with van der Waals surface area (Å²) in [6, 6.07) is 0.112. The van der Waals surface area contributed by atoms with Crippen LogP contribution in [0.15, 0.2) is 0 Å². The van der Waals surface area contributed by atoms with Crippen molar-refractivity contribution >= 4 is 0 Å². The zero-order valence-electron chi connectivity index (χ0n) is 12.5. The summed E-state index contributed by atoms with van der Waals surface area (Å²) in [6.45, 7) is 4.39. The molecule has 0 spiro atoms. The third-order valence-electron chi connectivity index (χ3n) is 4.08. The topological polar surface area (TPSA) is 35.5 Å². The standard InChI is InChI=1S/C14H27F3N2O/c1-3-13(11-20,18-4-2)8-5-9-19(12-6-7-12)10-14(15,16)17/h12,18,20H,3-11H2,1-2H3. The molecule has 0 aromatic heterocycles. The smallest absolute Gasteiger partial charge is 0.394 e. The lowest BCUT2D eigenvalue weighted by Gasteiger charge is -2.33. The van der Waals surface area contributed by atoms with Gasteiger partial charge in [0.2, 0.25) is 0 Å². The van der Waals surface area contributed by atoms with E-state index in [9.17, 15) is 18.3 Å². The second kappa shape index (κ2) is 7.61. The van der Waals surface area contributed by atoms with Gasteiger partial charge in [-0.15, -0.1) is 0 Å². The van der Waals surface area contributed by atoms with Gasteiger partial charge in [0.05, 0.1) is 13.2 Å². The van der Waals surface area contributed by atoms with Gasteiger partial charge in [0, 0.05) is 11.6 Å². The molecule has 0 heterocycles. The SMILES string of the molecule is CCNC(CC)(CO)CCCN(CC(F)(F)F)C1CC1. The zero-order valence-corrected chi connectivity index (χ0v) is 12.5. The van der Waals surface area contributed by atoms with Crippen LogP contribution in [0.1, 0.15) is 46.0 Å². The third kappa shape index (κ3) is 5.97. The van der Waals surface area contributed by atoms with Crippen molar-refractivity contribution in [1.29, 1.82) is 0 Å². The molecular formula is C14H27F3N2O. The average molecular weight is 296 g/mol. The molecule has 0 aliphatic heterocycles. The summed E-state index contributed by atoms with van der Waals surface area (Å²) < 4.78 is 37.5. The van der Waals surface area contributed by atoms with Crippen LogP contribution in [0, 0.1) is 0 Å². The first-order valence-electron chi connectivity index (χ1n) is 7.52. The van der Waals surface area contributed by atoms with Gasteiger partial charge in [-0.1, -0.05) is 13.8 Å². The molecule has 20 heavy (non-hydrogen) atoms. The summed E-state index contributed by atoms with van der Waals surface area (Å²) >= 11 is 0. The van der Waals surface area contributed by atoms with Crippen molar-refractivity contribution in [2.45, 2.75) is 63.7 Å². The molecule has 0 amide bonds. The van der Waals surface area contributed by atoms with Crippen LogP contribution in [0.4, 0.5) is 13.2 Å². The number of halogens is 3. The predicted molar refractivity (Wildman–Crippen MR) is 73.7 cm³/mol. The number of alkyl halides is 3. The fourth-order valence-corrected chi connectivity index (χ4v) is 2.69. The minimum absolute atomic E-state index is 0.0278. The van der Waals surface area contributed by atoms with Crippen molar-refractivity contribution in [3.05, 3.63) is 0 Å². The second-order valence-electron chi connectivity index (χ2n) is 5.74. The molecule has 1 saturated carbocycles. The Morgan fingerprint density at radius 3 is 2.30 bits per heavy atom. The molecule has 0 saturated heterocycles. The molecule has 6 heteroatoms. The van der Waals surface area contributed by atoms with E-state index in [1.54, 1.807) is 4.90 Å². The van der Waals surface area contributed by atoms with E-state index in [4.69, 9.17) is 0 Å². The van der Waals surface area contributed by atoms with E-state index in [0.717, 1.165) is 25.8 Å². The second-order valence-corrected chi connectivity index (χ2v) is 5.74. The zero-order chi connectivity index (χ0) is 15.2. The Labute approximate surface area is 119 Å². The van der Waals surface area contributed by atoms with Crippen molar-refractivity contribution < 1.29 is 18.3 Å². The molecule has 1 aliphatic rings. The highest BCUT2D eigenvalue weighted by atomic mass is 19.4. The highest BCUT2D eigenvalue weighted by molar-refractivity contribution is 4.89. The van der Waals surface area contributed by atoms with Gasteiger partial charge in [-0.25, -0.2) is 0 Å². The molecule has 3 nitrogen and oxygen atoms in total. The third-order valence-corrected chi connectivity index (χ3v) is 4.08. The number of likely N-dealkylation sites (N-methyl/N-ethyl adjacent to an activating group) is 1. The monoisotopic (exact) mass is 296 g/mol. The fraction of sp³-hybridized carbons (Fsp3) is 1.00. The maximum absolute atomic E-state index is 12.5. The van der Waals surface area contributed by atoms with Crippen LogP contribution in [-0.2, 0) is 0 Å². The van der Waals surface area contributed by atoms with Crippen molar-refractivity contribution in [2.24, 2.45) is 0 Å². The van der Waals surface area contributed by atoms with E-state index in [1.165, 1.54) is 0 Å². The first kappa shape index (κ1) is 17.7. The molecule has 1 unspecified atom stereocenters. The van der Waals surface area contributed by atoms with E-state index < -0.39 is 12.7 Å². The van der Waals surface area contributed by atoms with Gasteiger partial charge in [0.25, 0.3) is 0 Å². The van der Waals surface area contributed by atoms with Crippen LogP contribution in [0.25, 0.3) is 0 Å². The fourth-order valence-electron chi connectivity index (χ4n) is 2.69. The van der Waals surface area contributed by atoms with E-state index in [0.29, 0.717) is 19.4 Å². The van der Waals surface area contributed by atoms with Crippen molar-refractivity contribution in [3.8, 4) is 0 Å². The molecule has 0 aromatic rings. The minimum atomic E-state index is -4.12. The largest absolute Gasteiger partial charge is 0.401 e. The van der Waals surface area contributed by atoms with Gasteiger partial charge in [-0.2, -0.15) is 13.2 Å². The molecule has 1 aliphatic carbocycles. The molecular weight excluding hydrogens is 269 g/mol. The summed E-state index contributed by atoms with van der Waals surface area (Å²) in [4.78, 5) is 1.55. The number of rotatable bonds is 10. The Hall–Kier alpha value is -0.330. The lowest BCUT2D eigenvalue weighted by Crippen LogP contribution is -2.48. The van der Waals surface area contributed by atoms with Gasteiger partial charge >= 0.3 is 6.18 Å². The summed E-state index contributed by atoms with van der Waals surface area (Å²) in [7, 11) is 0. The molecule has 1 fully saturated rings. The number of hydrogen-bond donors (Lipinski definition) is 2. The van der Waals surface area contributed by atoms with Crippen LogP contribution < -0.4 is 5.32 Å². The maximum Gasteiger partial charge on any atom is 0.401 e. The Morgan fingerprint density at radius 2 is 1.90 bits per heavy atom. The number of nitrogens with zero attached hydrogens (tertiary/aromatic N) is 1. The number of nitrogens with one attached hydrogen (secondary N) is 1. The Balaban J connectivity index is 2.42. The van der Waals surface area contributed by atoms with Gasteiger partial charge in [-0.05, 0) is 45.2 Å².